The van der Waals surface area contributed by atoms with E-state index in [1.807, 2.05) is 73.8 Å². The van der Waals surface area contributed by atoms with E-state index in [1.54, 1.807) is 4.90 Å². The molecule has 0 N–H and O–H groups in total. The lowest BCUT2D eigenvalue weighted by atomic mass is 10.1. The predicted octanol–water partition coefficient (Wildman–Crippen LogP) is 4.24. The van der Waals surface area contributed by atoms with Gasteiger partial charge >= 0.3 is 6.09 Å². The molecule has 1 atom stereocenters. The molecule has 106 valence electrons. The number of benzene rings is 2. The van der Waals surface area contributed by atoms with Crippen molar-refractivity contribution in [3.8, 4) is 0 Å². The second-order valence-corrected chi connectivity index (χ2v) is 5.09. The molecule has 1 saturated heterocycles. The standard InChI is InChI=1S/C18H17NO2/c1-14(15-8-4-2-5-9-15)12-19-17(13-21-18(19)20)16-10-6-3-7-11-16/h2-12,17H,13H2,1H3/b14-12+/t17-/m1/s1. The first kappa shape index (κ1) is 13.4. The lowest BCUT2D eigenvalue weighted by Gasteiger charge is -2.19. The summed E-state index contributed by atoms with van der Waals surface area (Å²) < 4.78 is 5.21. The van der Waals surface area contributed by atoms with Crippen LogP contribution in [0.3, 0.4) is 0 Å². The minimum absolute atomic E-state index is 0.0580. The highest BCUT2D eigenvalue weighted by Gasteiger charge is 2.32. The Morgan fingerprint density at radius 1 is 1.10 bits per heavy atom. The van der Waals surface area contributed by atoms with Crippen molar-refractivity contribution in [1.82, 2.24) is 4.90 Å². The second kappa shape index (κ2) is 5.83. The fourth-order valence-corrected chi connectivity index (χ4v) is 2.49. The van der Waals surface area contributed by atoms with Crippen LogP contribution >= 0.6 is 0 Å². The zero-order valence-electron chi connectivity index (χ0n) is 11.9. The number of carbonyl (C=O) groups excluding carboxylic acids is 1. The molecule has 0 bridgehead atoms. The number of carbonyl (C=O) groups is 1. The molecule has 0 spiro atoms. The van der Waals surface area contributed by atoms with E-state index >= 15 is 0 Å². The van der Waals surface area contributed by atoms with Gasteiger partial charge in [0.2, 0.25) is 0 Å². The first-order valence-corrected chi connectivity index (χ1v) is 6.99. The Kier molecular flexibility index (Phi) is 3.73. The minimum Gasteiger partial charge on any atom is -0.447 e. The van der Waals surface area contributed by atoms with Crippen LogP contribution < -0.4 is 0 Å². The van der Waals surface area contributed by atoms with Crippen molar-refractivity contribution in [2.45, 2.75) is 13.0 Å². The van der Waals surface area contributed by atoms with Crippen molar-refractivity contribution in [2.75, 3.05) is 6.61 Å². The van der Waals surface area contributed by atoms with Crippen molar-refractivity contribution in [2.24, 2.45) is 0 Å². The van der Waals surface area contributed by atoms with Crippen molar-refractivity contribution >= 4 is 11.7 Å². The van der Waals surface area contributed by atoms with Gasteiger partial charge in [-0.3, -0.25) is 4.90 Å². The van der Waals surface area contributed by atoms with Crippen LogP contribution in [0.15, 0.2) is 66.9 Å². The first-order chi connectivity index (χ1) is 10.3. The zero-order chi connectivity index (χ0) is 14.7. The Bertz CT molecular complexity index is 649. The maximum atomic E-state index is 12.0. The normalized spacial score (nSPS) is 18.7. The van der Waals surface area contributed by atoms with Gasteiger partial charge in [0.15, 0.2) is 0 Å². The summed E-state index contributed by atoms with van der Waals surface area (Å²) in [6.07, 6.45) is 1.58. The average Bonchev–Trinajstić information content (AvgIpc) is 2.90. The highest BCUT2D eigenvalue weighted by atomic mass is 16.6. The molecule has 0 unspecified atom stereocenters. The molecule has 1 aliphatic heterocycles. The third-order valence-corrected chi connectivity index (χ3v) is 3.66. The lowest BCUT2D eigenvalue weighted by molar-refractivity contribution is 0.166. The largest absolute Gasteiger partial charge is 0.447 e. The van der Waals surface area contributed by atoms with Gasteiger partial charge in [0, 0.05) is 6.20 Å². The van der Waals surface area contributed by atoms with Crippen molar-refractivity contribution in [1.29, 1.82) is 0 Å². The van der Waals surface area contributed by atoms with Gasteiger partial charge in [-0.05, 0) is 23.6 Å². The maximum absolute atomic E-state index is 12.0. The van der Waals surface area contributed by atoms with E-state index in [1.165, 1.54) is 0 Å². The monoisotopic (exact) mass is 279 g/mol. The van der Waals surface area contributed by atoms with E-state index in [9.17, 15) is 4.79 Å². The zero-order valence-corrected chi connectivity index (χ0v) is 11.9. The van der Waals surface area contributed by atoms with E-state index in [0.717, 1.165) is 16.7 Å². The fraction of sp³-hybridized carbons (Fsp3) is 0.167. The van der Waals surface area contributed by atoms with Crippen LogP contribution in [0.1, 0.15) is 24.1 Å². The topological polar surface area (TPSA) is 29.5 Å². The molecule has 1 aliphatic rings. The summed E-state index contributed by atoms with van der Waals surface area (Å²) in [6.45, 7) is 2.39. The molecule has 1 heterocycles. The van der Waals surface area contributed by atoms with E-state index in [-0.39, 0.29) is 12.1 Å². The quantitative estimate of drug-likeness (QED) is 0.841. The number of nitrogens with zero attached hydrogens (tertiary/aromatic N) is 1. The van der Waals surface area contributed by atoms with Gasteiger partial charge in [0.25, 0.3) is 0 Å². The molecule has 0 aliphatic carbocycles. The van der Waals surface area contributed by atoms with Crippen molar-refractivity contribution in [3.05, 3.63) is 78.0 Å². The Morgan fingerprint density at radius 3 is 2.38 bits per heavy atom. The molecule has 3 heteroatoms. The molecular weight excluding hydrogens is 262 g/mol. The predicted molar refractivity (Wildman–Crippen MR) is 82.5 cm³/mol. The second-order valence-electron chi connectivity index (χ2n) is 5.09. The molecule has 0 saturated carbocycles. The number of hydrogen-bond donors (Lipinski definition) is 0. The van der Waals surface area contributed by atoms with Crippen molar-refractivity contribution < 1.29 is 9.53 Å². The molecule has 2 aromatic rings. The van der Waals surface area contributed by atoms with Gasteiger partial charge in [0.05, 0.1) is 6.04 Å². The van der Waals surface area contributed by atoms with Crippen LogP contribution in [-0.2, 0) is 4.74 Å². The van der Waals surface area contributed by atoms with E-state index in [0.29, 0.717) is 6.61 Å². The molecule has 1 fully saturated rings. The van der Waals surface area contributed by atoms with Gasteiger partial charge in [0.1, 0.15) is 6.61 Å². The summed E-state index contributed by atoms with van der Waals surface area (Å²) in [5.41, 5.74) is 3.22. The van der Waals surface area contributed by atoms with Crippen LogP contribution in [-0.4, -0.2) is 17.6 Å². The smallest absolute Gasteiger partial charge is 0.414 e. The Hall–Kier alpha value is -2.55. The number of amides is 1. The molecule has 0 radical (unpaired) electrons. The Labute approximate surface area is 124 Å². The Morgan fingerprint density at radius 2 is 1.71 bits per heavy atom. The minimum atomic E-state index is -0.292. The third kappa shape index (κ3) is 2.82. The van der Waals surface area contributed by atoms with Gasteiger partial charge in [-0.15, -0.1) is 0 Å². The maximum Gasteiger partial charge on any atom is 0.414 e. The molecule has 2 aromatic carbocycles. The summed E-state index contributed by atoms with van der Waals surface area (Å²) in [5, 5.41) is 0. The number of allylic oxidation sites excluding steroid dienone is 1. The number of hydrogen-bond acceptors (Lipinski definition) is 2. The average molecular weight is 279 g/mol. The van der Waals surface area contributed by atoms with E-state index in [2.05, 4.69) is 0 Å². The van der Waals surface area contributed by atoms with Gasteiger partial charge < -0.3 is 4.74 Å². The van der Waals surface area contributed by atoms with Gasteiger partial charge in [-0.25, -0.2) is 4.79 Å². The first-order valence-electron chi connectivity index (χ1n) is 6.99. The number of cyclic esters (lactones) is 1. The molecule has 3 rings (SSSR count). The van der Waals surface area contributed by atoms with Crippen LogP contribution in [0.25, 0.3) is 5.57 Å². The van der Waals surface area contributed by atoms with Crippen LogP contribution in [0.5, 0.6) is 0 Å². The van der Waals surface area contributed by atoms with Gasteiger partial charge in [-0.2, -0.15) is 0 Å². The highest BCUT2D eigenvalue weighted by molar-refractivity contribution is 5.75. The Balaban J connectivity index is 1.90. The highest BCUT2D eigenvalue weighted by Crippen LogP contribution is 2.29. The lowest BCUT2D eigenvalue weighted by Crippen LogP contribution is -2.22. The summed E-state index contributed by atoms with van der Waals surface area (Å²) >= 11 is 0. The molecule has 3 nitrogen and oxygen atoms in total. The van der Waals surface area contributed by atoms with Crippen LogP contribution in [0, 0.1) is 0 Å². The summed E-state index contributed by atoms with van der Waals surface area (Å²) in [6, 6.07) is 19.9. The van der Waals surface area contributed by atoms with Crippen LogP contribution in [0.4, 0.5) is 4.79 Å². The SMILES string of the molecule is C/C(=C\N1C(=O)OC[C@@H]1c1ccccc1)c1ccccc1. The molecule has 1 amide bonds. The van der Waals surface area contributed by atoms with E-state index in [4.69, 9.17) is 4.74 Å². The fourth-order valence-electron chi connectivity index (χ4n) is 2.49. The molecule has 21 heavy (non-hydrogen) atoms. The number of rotatable bonds is 3. The molecular formula is C18H17NO2. The van der Waals surface area contributed by atoms with Gasteiger partial charge in [-0.1, -0.05) is 60.7 Å². The summed E-state index contributed by atoms with van der Waals surface area (Å²) in [5.74, 6) is 0. The number of ether oxygens (including phenoxy) is 1. The van der Waals surface area contributed by atoms with Crippen molar-refractivity contribution in [3.63, 3.8) is 0 Å². The molecule has 0 aromatic heterocycles. The summed E-state index contributed by atoms with van der Waals surface area (Å²) in [4.78, 5) is 13.7. The van der Waals surface area contributed by atoms with E-state index < -0.39 is 0 Å². The van der Waals surface area contributed by atoms with Crippen LogP contribution in [0.2, 0.25) is 0 Å². The third-order valence-electron chi connectivity index (χ3n) is 3.66. The summed E-state index contributed by atoms with van der Waals surface area (Å²) in [7, 11) is 0.